The van der Waals surface area contributed by atoms with Gasteiger partial charge in [0.05, 0.1) is 6.04 Å². The highest BCUT2D eigenvalue weighted by Crippen LogP contribution is 2.17. The van der Waals surface area contributed by atoms with Crippen molar-refractivity contribution < 1.29 is 4.79 Å². The van der Waals surface area contributed by atoms with Crippen molar-refractivity contribution in [3.8, 4) is 0 Å². The van der Waals surface area contributed by atoms with Crippen molar-refractivity contribution in [2.75, 3.05) is 32.7 Å². The van der Waals surface area contributed by atoms with E-state index in [2.05, 4.69) is 29.4 Å². The molecule has 0 radical (unpaired) electrons. The molecule has 2 heterocycles. The Balaban J connectivity index is 1.66. The lowest BCUT2D eigenvalue weighted by molar-refractivity contribution is -0.124. The van der Waals surface area contributed by atoms with Gasteiger partial charge in [0, 0.05) is 6.54 Å². The maximum absolute atomic E-state index is 12.1. The Morgan fingerprint density at radius 3 is 2.68 bits per heavy atom. The lowest BCUT2D eigenvalue weighted by Gasteiger charge is -2.32. The molecule has 2 aliphatic rings. The Hall–Kier alpha value is -0.610. The van der Waals surface area contributed by atoms with Crippen LogP contribution in [0.1, 0.15) is 39.5 Å². The largest absolute Gasteiger partial charge is 0.354 e. The van der Waals surface area contributed by atoms with Crippen molar-refractivity contribution in [1.29, 1.82) is 0 Å². The number of likely N-dealkylation sites (tertiary alicyclic amines) is 1. The molecule has 2 atom stereocenters. The molecule has 4 nitrogen and oxygen atoms in total. The summed E-state index contributed by atoms with van der Waals surface area (Å²) in [5.74, 6) is 1.56. The molecule has 2 unspecified atom stereocenters. The summed E-state index contributed by atoms with van der Waals surface area (Å²) in [5.41, 5.74) is 0. The van der Waals surface area contributed by atoms with Crippen LogP contribution in [0.25, 0.3) is 0 Å². The van der Waals surface area contributed by atoms with E-state index in [-0.39, 0.29) is 11.9 Å². The van der Waals surface area contributed by atoms with E-state index in [1.54, 1.807) is 0 Å². The number of hydrogen-bond donors (Lipinski definition) is 2. The summed E-state index contributed by atoms with van der Waals surface area (Å²) >= 11 is 0. The molecule has 19 heavy (non-hydrogen) atoms. The number of carbonyl (C=O) groups excluding carboxylic acids is 1. The van der Waals surface area contributed by atoms with Gasteiger partial charge in [-0.25, -0.2) is 0 Å². The van der Waals surface area contributed by atoms with Crippen molar-refractivity contribution >= 4 is 5.91 Å². The Bertz CT molecular complexity index is 287. The molecule has 2 fully saturated rings. The minimum atomic E-state index is 0.0412. The van der Waals surface area contributed by atoms with E-state index in [0.29, 0.717) is 11.8 Å². The minimum Gasteiger partial charge on any atom is -0.354 e. The van der Waals surface area contributed by atoms with Gasteiger partial charge in [-0.2, -0.15) is 0 Å². The van der Waals surface area contributed by atoms with Gasteiger partial charge in [-0.15, -0.1) is 0 Å². The molecule has 2 aliphatic heterocycles. The molecule has 1 amide bonds. The Morgan fingerprint density at radius 1 is 1.32 bits per heavy atom. The van der Waals surface area contributed by atoms with Gasteiger partial charge in [0.2, 0.25) is 5.91 Å². The molecular formula is C15H29N3O. The van der Waals surface area contributed by atoms with Crippen LogP contribution in [0.4, 0.5) is 0 Å². The van der Waals surface area contributed by atoms with E-state index in [1.807, 2.05) is 0 Å². The predicted octanol–water partition coefficient (Wildman–Crippen LogP) is 1.22. The predicted molar refractivity (Wildman–Crippen MR) is 78.0 cm³/mol. The first-order valence-electron chi connectivity index (χ1n) is 7.92. The van der Waals surface area contributed by atoms with E-state index < -0.39 is 0 Å². The van der Waals surface area contributed by atoms with Crippen LogP contribution in [0.5, 0.6) is 0 Å². The quantitative estimate of drug-likeness (QED) is 0.805. The van der Waals surface area contributed by atoms with Crippen LogP contribution in [0, 0.1) is 11.8 Å². The number of hydrogen-bond acceptors (Lipinski definition) is 3. The first-order valence-corrected chi connectivity index (χ1v) is 7.92. The van der Waals surface area contributed by atoms with Gasteiger partial charge in [0.25, 0.3) is 0 Å². The van der Waals surface area contributed by atoms with Gasteiger partial charge in [0.1, 0.15) is 0 Å². The monoisotopic (exact) mass is 267 g/mol. The average Bonchev–Trinajstić information content (AvgIpc) is 2.45. The molecule has 110 valence electrons. The number of piperidine rings is 2. The first-order chi connectivity index (χ1) is 9.19. The summed E-state index contributed by atoms with van der Waals surface area (Å²) in [5, 5.41) is 6.49. The van der Waals surface area contributed by atoms with Crippen LogP contribution >= 0.6 is 0 Å². The lowest BCUT2D eigenvalue weighted by atomic mass is 9.93. The van der Waals surface area contributed by atoms with Crippen molar-refractivity contribution in [3.05, 3.63) is 0 Å². The molecule has 0 aromatic heterocycles. The molecule has 2 N–H and O–H groups in total. The standard InChI is InChI=1S/C15H29N3O/c1-3-18-8-5-13(6-9-18)11-17-15(19)14-10-12(2)4-7-16-14/h12-14,16H,3-11H2,1-2H3,(H,17,19). The zero-order chi connectivity index (χ0) is 13.7. The second-order valence-electron chi connectivity index (χ2n) is 6.26. The summed E-state index contributed by atoms with van der Waals surface area (Å²) in [7, 11) is 0. The van der Waals surface area contributed by atoms with Crippen LogP contribution < -0.4 is 10.6 Å². The lowest BCUT2D eigenvalue weighted by Crippen LogP contribution is -2.49. The summed E-state index contributed by atoms with van der Waals surface area (Å²) in [6.45, 7) is 9.84. The maximum atomic E-state index is 12.1. The highest BCUT2D eigenvalue weighted by Gasteiger charge is 2.25. The molecule has 2 rings (SSSR count). The van der Waals surface area contributed by atoms with E-state index in [4.69, 9.17) is 0 Å². The van der Waals surface area contributed by atoms with Gasteiger partial charge in [-0.05, 0) is 63.7 Å². The van der Waals surface area contributed by atoms with Crippen molar-refractivity contribution in [2.24, 2.45) is 11.8 Å². The number of carbonyl (C=O) groups is 1. The van der Waals surface area contributed by atoms with Gasteiger partial charge in [0.15, 0.2) is 0 Å². The molecule has 0 saturated carbocycles. The van der Waals surface area contributed by atoms with E-state index in [1.165, 1.54) is 32.4 Å². The molecule has 2 saturated heterocycles. The van der Waals surface area contributed by atoms with Gasteiger partial charge >= 0.3 is 0 Å². The zero-order valence-corrected chi connectivity index (χ0v) is 12.5. The Labute approximate surface area is 117 Å². The third kappa shape index (κ3) is 4.46. The van der Waals surface area contributed by atoms with E-state index in [9.17, 15) is 4.79 Å². The van der Waals surface area contributed by atoms with Crippen molar-refractivity contribution in [2.45, 2.75) is 45.6 Å². The smallest absolute Gasteiger partial charge is 0.237 e. The maximum Gasteiger partial charge on any atom is 0.237 e. The fourth-order valence-electron chi connectivity index (χ4n) is 3.18. The first kappa shape index (κ1) is 14.8. The van der Waals surface area contributed by atoms with E-state index in [0.717, 1.165) is 26.1 Å². The number of amides is 1. The van der Waals surface area contributed by atoms with Crippen LogP contribution in [0.15, 0.2) is 0 Å². The number of nitrogens with zero attached hydrogens (tertiary/aromatic N) is 1. The fourth-order valence-corrected chi connectivity index (χ4v) is 3.18. The van der Waals surface area contributed by atoms with E-state index >= 15 is 0 Å². The Morgan fingerprint density at radius 2 is 2.05 bits per heavy atom. The SMILES string of the molecule is CCN1CCC(CNC(=O)C2CC(C)CCN2)CC1. The second kappa shape index (κ2) is 7.25. The summed E-state index contributed by atoms with van der Waals surface area (Å²) in [4.78, 5) is 14.6. The molecule has 4 heteroatoms. The van der Waals surface area contributed by atoms with Gasteiger partial charge < -0.3 is 15.5 Å². The van der Waals surface area contributed by atoms with Crippen molar-refractivity contribution in [1.82, 2.24) is 15.5 Å². The van der Waals surface area contributed by atoms with Gasteiger partial charge in [-0.1, -0.05) is 13.8 Å². The molecule has 0 spiro atoms. The van der Waals surface area contributed by atoms with Crippen LogP contribution in [0.2, 0.25) is 0 Å². The second-order valence-corrected chi connectivity index (χ2v) is 6.26. The zero-order valence-electron chi connectivity index (χ0n) is 12.5. The van der Waals surface area contributed by atoms with Crippen LogP contribution in [-0.2, 0) is 4.79 Å². The summed E-state index contributed by atoms with van der Waals surface area (Å²) in [6, 6.07) is 0.0412. The Kier molecular flexibility index (Phi) is 5.64. The van der Waals surface area contributed by atoms with Crippen LogP contribution in [0.3, 0.4) is 0 Å². The highest BCUT2D eigenvalue weighted by molar-refractivity contribution is 5.81. The van der Waals surface area contributed by atoms with Crippen molar-refractivity contribution in [3.63, 3.8) is 0 Å². The summed E-state index contributed by atoms with van der Waals surface area (Å²) < 4.78 is 0. The number of rotatable bonds is 4. The average molecular weight is 267 g/mol. The van der Waals surface area contributed by atoms with Crippen LogP contribution in [-0.4, -0.2) is 49.6 Å². The molecule has 0 aromatic rings. The molecule has 0 bridgehead atoms. The topological polar surface area (TPSA) is 44.4 Å². The fraction of sp³-hybridized carbons (Fsp3) is 0.933. The molecular weight excluding hydrogens is 238 g/mol. The molecule has 0 aliphatic carbocycles. The third-order valence-electron chi connectivity index (χ3n) is 4.70. The highest BCUT2D eigenvalue weighted by atomic mass is 16.2. The minimum absolute atomic E-state index is 0.0412. The molecule has 0 aromatic carbocycles. The van der Waals surface area contributed by atoms with Gasteiger partial charge in [-0.3, -0.25) is 4.79 Å². The summed E-state index contributed by atoms with van der Waals surface area (Å²) in [6.07, 6.45) is 4.63. The normalized spacial score (nSPS) is 30.2. The third-order valence-corrected chi connectivity index (χ3v) is 4.70. The number of nitrogens with one attached hydrogen (secondary N) is 2.